The van der Waals surface area contributed by atoms with Crippen molar-refractivity contribution < 1.29 is 14.3 Å². The lowest BCUT2D eigenvalue weighted by molar-refractivity contribution is 0.0597. The number of allylic oxidation sites excluding steroid dienone is 1. The quantitative estimate of drug-likeness (QED) is 0.460. The van der Waals surface area contributed by atoms with Crippen LogP contribution >= 0.6 is 27.3 Å². The van der Waals surface area contributed by atoms with Crippen molar-refractivity contribution in [3.05, 3.63) is 75.5 Å². The van der Waals surface area contributed by atoms with E-state index < -0.39 is 11.9 Å². The van der Waals surface area contributed by atoms with Crippen LogP contribution in [0.25, 0.3) is 10.2 Å². The second-order valence-corrected chi connectivity index (χ2v) is 7.27. The molecule has 7 heteroatoms. The van der Waals surface area contributed by atoms with E-state index >= 15 is 0 Å². The van der Waals surface area contributed by atoms with Gasteiger partial charge in [0, 0.05) is 11.0 Å². The Morgan fingerprint density at radius 3 is 2.69 bits per heavy atom. The first kappa shape index (κ1) is 18.3. The Balaban J connectivity index is 2.16. The monoisotopic (exact) mass is 430 g/mol. The highest BCUT2D eigenvalue weighted by Gasteiger charge is 2.17. The number of fused-ring (bicyclic) bond motifs is 1. The minimum Gasteiger partial charge on any atom is -0.465 e. The fraction of sp³-hybridized carbons (Fsp3) is 0.105. The fourth-order valence-electron chi connectivity index (χ4n) is 2.54. The van der Waals surface area contributed by atoms with E-state index in [1.807, 2.05) is 22.8 Å². The molecule has 0 saturated carbocycles. The van der Waals surface area contributed by atoms with Gasteiger partial charge in [0.05, 0.1) is 28.5 Å². The first-order valence-corrected chi connectivity index (χ1v) is 9.32. The van der Waals surface area contributed by atoms with Crippen molar-refractivity contribution in [2.24, 2.45) is 4.99 Å². The Bertz CT molecular complexity index is 1080. The highest BCUT2D eigenvalue weighted by molar-refractivity contribution is 9.10. The maximum absolute atomic E-state index is 12.7. The molecule has 0 atom stereocenters. The zero-order valence-corrected chi connectivity index (χ0v) is 16.3. The zero-order chi connectivity index (χ0) is 18.7. The van der Waals surface area contributed by atoms with Crippen molar-refractivity contribution >= 4 is 49.4 Å². The SMILES string of the molecule is C=CCn1c(=NC(=O)c2ccccc2C(=O)OC)sc2cc(Br)ccc21. The van der Waals surface area contributed by atoms with Crippen LogP contribution in [0, 0.1) is 0 Å². The predicted molar refractivity (Wildman–Crippen MR) is 105 cm³/mol. The number of hydrogen-bond acceptors (Lipinski definition) is 4. The summed E-state index contributed by atoms with van der Waals surface area (Å²) in [4.78, 5) is 29.4. The van der Waals surface area contributed by atoms with Crippen LogP contribution in [0.4, 0.5) is 0 Å². The van der Waals surface area contributed by atoms with Gasteiger partial charge in [0.15, 0.2) is 4.80 Å². The number of amides is 1. The molecule has 2 aromatic carbocycles. The van der Waals surface area contributed by atoms with Crippen molar-refractivity contribution in [1.82, 2.24) is 4.57 Å². The predicted octanol–water partition coefficient (Wildman–Crippen LogP) is 4.18. The molecule has 1 aromatic heterocycles. The number of thiazole rings is 1. The molecule has 3 aromatic rings. The van der Waals surface area contributed by atoms with Crippen LogP contribution in [-0.2, 0) is 11.3 Å². The summed E-state index contributed by atoms with van der Waals surface area (Å²) in [7, 11) is 1.28. The highest BCUT2D eigenvalue weighted by atomic mass is 79.9. The van der Waals surface area contributed by atoms with E-state index in [1.54, 1.807) is 30.3 Å². The lowest BCUT2D eigenvalue weighted by Crippen LogP contribution is -2.17. The van der Waals surface area contributed by atoms with Gasteiger partial charge < -0.3 is 9.30 Å². The van der Waals surface area contributed by atoms with Crippen LogP contribution in [0.1, 0.15) is 20.7 Å². The third-order valence-electron chi connectivity index (χ3n) is 3.72. The largest absolute Gasteiger partial charge is 0.465 e. The Morgan fingerprint density at radius 2 is 2.00 bits per heavy atom. The first-order chi connectivity index (χ1) is 12.5. The van der Waals surface area contributed by atoms with Gasteiger partial charge in [-0.25, -0.2) is 4.79 Å². The number of aromatic nitrogens is 1. The van der Waals surface area contributed by atoms with E-state index in [0.29, 0.717) is 11.3 Å². The molecule has 0 radical (unpaired) electrons. The maximum Gasteiger partial charge on any atom is 0.338 e. The third-order valence-corrected chi connectivity index (χ3v) is 5.25. The minimum atomic E-state index is -0.566. The van der Waals surface area contributed by atoms with Gasteiger partial charge in [-0.1, -0.05) is 45.5 Å². The molecule has 0 N–H and O–H groups in total. The number of ether oxygens (including phenoxy) is 1. The van der Waals surface area contributed by atoms with E-state index in [2.05, 4.69) is 27.5 Å². The summed E-state index contributed by atoms with van der Waals surface area (Å²) in [6.45, 7) is 4.29. The number of carbonyl (C=O) groups is 2. The van der Waals surface area contributed by atoms with Gasteiger partial charge in [-0.2, -0.15) is 4.99 Å². The number of rotatable bonds is 4. The Hall–Kier alpha value is -2.51. The van der Waals surface area contributed by atoms with Crippen LogP contribution in [-0.4, -0.2) is 23.6 Å². The zero-order valence-electron chi connectivity index (χ0n) is 13.9. The molecule has 0 aliphatic rings. The Kier molecular flexibility index (Phi) is 5.49. The van der Waals surface area contributed by atoms with Gasteiger partial charge in [0.1, 0.15) is 0 Å². The molecule has 0 aliphatic heterocycles. The summed E-state index contributed by atoms with van der Waals surface area (Å²) < 4.78 is 8.61. The van der Waals surface area contributed by atoms with E-state index in [1.165, 1.54) is 18.4 Å². The van der Waals surface area contributed by atoms with Crippen molar-refractivity contribution in [1.29, 1.82) is 0 Å². The second kappa shape index (κ2) is 7.80. The average molecular weight is 431 g/mol. The van der Waals surface area contributed by atoms with Gasteiger partial charge in [-0.05, 0) is 30.3 Å². The highest BCUT2D eigenvalue weighted by Crippen LogP contribution is 2.22. The first-order valence-electron chi connectivity index (χ1n) is 7.71. The lowest BCUT2D eigenvalue weighted by Gasteiger charge is -2.04. The van der Waals surface area contributed by atoms with Crippen LogP contribution < -0.4 is 4.80 Å². The number of halogens is 1. The van der Waals surface area contributed by atoms with E-state index in [4.69, 9.17) is 4.74 Å². The molecule has 132 valence electrons. The Morgan fingerprint density at radius 1 is 1.27 bits per heavy atom. The number of esters is 1. The molecule has 0 unspecified atom stereocenters. The van der Waals surface area contributed by atoms with Gasteiger partial charge >= 0.3 is 5.97 Å². The number of hydrogen-bond donors (Lipinski definition) is 0. The number of methoxy groups -OCH3 is 1. The fourth-order valence-corrected chi connectivity index (χ4v) is 4.13. The smallest absolute Gasteiger partial charge is 0.338 e. The molecule has 1 heterocycles. The molecule has 0 bridgehead atoms. The van der Waals surface area contributed by atoms with Crippen LogP contribution in [0.15, 0.2) is 64.6 Å². The molecule has 0 aliphatic carbocycles. The summed E-state index contributed by atoms with van der Waals surface area (Å²) in [5.74, 6) is -1.06. The standard InChI is InChI=1S/C19H15BrN2O3S/c1-3-10-22-15-9-8-12(20)11-16(15)26-19(22)21-17(23)13-6-4-5-7-14(13)18(24)25-2/h3-9,11H,1,10H2,2H3. The molecule has 0 spiro atoms. The summed E-state index contributed by atoms with van der Waals surface area (Å²) in [6, 6.07) is 12.4. The second-order valence-electron chi connectivity index (χ2n) is 5.35. The molecule has 0 saturated heterocycles. The van der Waals surface area contributed by atoms with Crippen molar-refractivity contribution in [3.8, 4) is 0 Å². The molecular weight excluding hydrogens is 416 g/mol. The normalized spacial score (nSPS) is 11.5. The van der Waals surface area contributed by atoms with Crippen LogP contribution in [0.2, 0.25) is 0 Å². The number of nitrogens with zero attached hydrogens (tertiary/aromatic N) is 2. The number of carbonyl (C=O) groups excluding carboxylic acids is 2. The molecule has 26 heavy (non-hydrogen) atoms. The van der Waals surface area contributed by atoms with Gasteiger partial charge in [-0.3, -0.25) is 4.79 Å². The van der Waals surface area contributed by atoms with E-state index in [9.17, 15) is 9.59 Å². The van der Waals surface area contributed by atoms with Crippen molar-refractivity contribution in [3.63, 3.8) is 0 Å². The summed E-state index contributed by atoms with van der Waals surface area (Å²) >= 11 is 4.86. The Labute approximate surface area is 162 Å². The lowest BCUT2D eigenvalue weighted by atomic mass is 10.1. The van der Waals surface area contributed by atoms with Gasteiger partial charge in [-0.15, -0.1) is 6.58 Å². The topological polar surface area (TPSA) is 60.7 Å². The third kappa shape index (κ3) is 3.54. The van der Waals surface area contributed by atoms with E-state index in [-0.39, 0.29) is 11.1 Å². The maximum atomic E-state index is 12.7. The van der Waals surface area contributed by atoms with Crippen molar-refractivity contribution in [2.45, 2.75) is 6.54 Å². The van der Waals surface area contributed by atoms with Crippen LogP contribution in [0.3, 0.4) is 0 Å². The molecule has 5 nitrogen and oxygen atoms in total. The van der Waals surface area contributed by atoms with E-state index in [0.717, 1.165) is 14.7 Å². The van der Waals surface area contributed by atoms with Crippen LogP contribution in [0.5, 0.6) is 0 Å². The van der Waals surface area contributed by atoms with Gasteiger partial charge in [0.2, 0.25) is 0 Å². The molecule has 1 amide bonds. The van der Waals surface area contributed by atoms with Gasteiger partial charge in [0.25, 0.3) is 5.91 Å². The van der Waals surface area contributed by atoms with Crippen molar-refractivity contribution in [2.75, 3.05) is 7.11 Å². The summed E-state index contributed by atoms with van der Waals surface area (Å²) in [6.07, 6.45) is 1.75. The molecular formula is C19H15BrN2O3S. The summed E-state index contributed by atoms with van der Waals surface area (Å²) in [5, 5.41) is 0. The molecule has 3 rings (SSSR count). The summed E-state index contributed by atoms with van der Waals surface area (Å²) in [5.41, 5.74) is 1.37. The minimum absolute atomic E-state index is 0.197. The molecule has 0 fully saturated rings. The average Bonchev–Trinajstić information content (AvgIpc) is 2.97. The number of benzene rings is 2.